The molecule has 0 atom stereocenters. The smallest absolute Gasteiger partial charge is 0.234 e. The van der Waals surface area contributed by atoms with Crippen LogP contribution in [0.15, 0.2) is 0 Å². The van der Waals surface area contributed by atoms with E-state index in [1.807, 2.05) is 0 Å². The first-order valence-corrected chi connectivity index (χ1v) is 4.97. The van der Waals surface area contributed by atoms with Gasteiger partial charge in [-0.3, -0.25) is 4.79 Å². The summed E-state index contributed by atoms with van der Waals surface area (Å²) in [5.41, 5.74) is 5.62. The summed E-state index contributed by atoms with van der Waals surface area (Å²) in [7, 11) is 1.61. The lowest BCUT2D eigenvalue weighted by molar-refractivity contribution is -0.120. The molecular formula is C9H19N3O2. The van der Waals surface area contributed by atoms with Crippen molar-refractivity contribution >= 4 is 5.91 Å². The van der Waals surface area contributed by atoms with Crippen LogP contribution in [-0.4, -0.2) is 44.8 Å². The van der Waals surface area contributed by atoms with Crippen molar-refractivity contribution in [3.05, 3.63) is 0 Å². The van der Waals surface area contributed by atoms with E-state index >= 15 is 0 Å². The number of ether oxygens (including phenoxy) is 1. The van der Waals surface area contributed by atoms with Gasteiger partial charge in [0.1, 0.15) is 0 Å². The Bertz CT molecular complexity index is 181. The van der Waals surface area contributed by atoms with Crippen LogP contribution in [-0.2, 0) is 9.53 Å². The number of amides is 1. The van der Waals surface area contributed by atoms with Crippen molar-refractivity contribution in [3.8, 4) is 0 Å². The van der Waals surface area contributed by atoms with Crippen LogP contribution in [0.25, 0.3) is 0 Å². The van der Waals surface area contributed by atoms with Crippen LogP contribution >= 0.6 is 0 Å². The molecule has 1 aliphatic carbocycles. The van der Waals surface area contributed by atoms with Crippen molar-refractivity contribution < 1.29 is 9.53 Å². The van der Waals surface area contributed by atoms with E-state index < -0.39 is 0 Å². The Morgan fingerprint density at radius 2 is 2.29 bits per heavy atom. The van der Waals surface area contributed by atoms with E-state index in [9.17, 15) is 4.79 Å². The first-order valence-electron chi connectivity index (χ1n) is 4.97. The largest absolute Gasteiger partial charge is 0.383 e. The standard InChI is InChI=1S/C9H19N3O2/c1-14-3-2-11-9(13)6-12-8-4-7(10)5-8/h7-8,12H,2-6,10H2,1H3,(H,11,13). The third kappa shape index (κ3) is 4.04. The molecule has 1 rings (SSSR count). The third-order valence-electron chi connectivity index (χ3n) is 2.35. The molecule has 0 saturated heterocycles. The van der Waals surface area contributed by atoms with Gasteiger partial charge >= 0.3 is 0 Å². The van der Waals surface area contributed by atoms with Crippen molar-refractivity contribution in [1.29, 1.82) is 0 Å². The quantitative estimate of drug-likeness (QED) is 0.473. The molecule has 1 saturated carbocycles. The molecule has 1 aliphatic rings. The number of hydrogen-bond donors (Lipinski definition) is 3. The molecule has 0 aromatic rings. The summed E-state index contributed by atoms with van der Waals surface area (Å²) in [4.78, 5) is 11.2. The first kappa shape index (κ1) is 11.4. The molecule has 5 nitrogen and oxygen atoms in total. The maximum Gasteiger partial charge on any atom is 0.234 e. The lowest BCUT2D eigenvalue weighted by Crippen LogP contribution is -2.51. The average Bonchev–Trinajstić information content (AvgIpc) is 2.11. The number of hydrogen-bond acceptors (Lipinski definition) is 4. The van der Waals surface area contributed by atoms with Gasteiger partial charge in [-0.2, -0.15) is 0 Å². The minimum absolute atomic E-state index is 0.0162. The van der Waals surface area contributed by atoms with Gasteiger partial charge in [-0.25, -0.2) is 0 Å². The molecule has 0 spiro atoms. The molecule has 0 heterocycles. The SMILES string of the molecule is COCCNC(=O)CNC1CC(N)C1. The van der Waals surface area contributed by atoms with E-state index in [-0.39, 0.29) is 5.91 Å². The van der Waals surface area contributed by atoms with Gasteiger partial charge in [0.15, 0.2) is 0 Å². The van der Waals surface area contributed by atoms with Crippen LogP contribution in [0.4, 0.5) is 0 Å². The van der Waals surface area contributed by atoms with Gasteiger partial charge in [0.25, 0.3) is 0 Å². The highest BCUT2D eigenvalue weighted by molar-refractivity contribution is 5.77. The molecule has 0 radical (unpaired) electrons. The molecule has 5 heteroatoms. The van der Waals surface area contributed by atoms with E-state index in [1.54, 1.807) is 7.11 Å². The van der Waals surface area contributed by atoms with Crippen LogP contribution in [0.3, 0.4) is 0 Å². The van der Waals surface area contributed by atoms with Crippen molar-refractivity contribution in [2.24, 2.45) is 5.73 Å². The Hall–Kier alpha value is -0.650. The Morgan fingerprint density at radius 1 is 1.57 bits per heavy atom. The van der Waals surface area contributed by atoms with Crippen LogP contribution in [0.1, 0.15) is 12.8 Å². The Labute approximate surface area is 84.4 Å². The second-order valence-corrected chi connectivity index (χ2v) is 3.65. The van der Waals surface area contributed by atoms with E-state index in [0.717, 1.165) is 12.8 Å². The number of methoxy groups -OCH3 is 1. The number of nitrogens with one attached hydrogen (secondary N) is 2. The molecule has 1 fully saturated rings. The second-order valence-electron chi connectivity index (χ2n) is 3.65. The molecule has 0 aliphatic heterocycles. The van der Waals surface area contributed by atoms with Gasteiger partial charge < -0.3 is 21.1 Å². The molecule has 1 amide bonds. The zero-order chi connectivity index (χ0) is 10.4. The molecule has 4 N–H and O–H groups in total. The van der Waals surface area contributed by atoms with Gasteiger partial charge in [-0.05, 0) is 12.8 Å². The van der Waals surface area contributed by atoms with Crippen LogP contribution < -0.4 is 16.4 Å². The summed E-state index contributed by atoms with van der Waals surface area (Å²) in [6, 6.07) is 0.752. The normalized spacial score (nSPS) is 25.6. The first-order chi connectivity index (χ1) is 6.72. The van der Waals surface area contributed by atoms with Crippen LogP contribution in [0.5, 0.6) is 0 Å². The molecule has 0 unspecified atom stereocenters. The zero-order valence-electron chi connectivity index (χ0n) is 8.58. The highest BCUT2D eigenvalue weighted by atomic mass is 16.5. The number of nitrogens with two attached hydrogens (primary N) is 1. The van der Waals surface area contributed by atoms with Crippen molar-refractivity contribution in [2.45, 2.75) is 24.9 Å². The van der Waals surface area contributed by atoms with Crippen molar-refractivity contribution in [1.82, 2.24) is 10.6 Å². The summed E-state index contributed by atoms with van der Waals surface area (Å²) in [5, 5.41) is 5.88. The number of carbonyl (C=O) groups is 1. The average molecular weight is 201 g/mol. The Morgan fingerprint density at radius 3 is 2.86 bits per heavy atom. The molecule has 0 bridgehead atoms. The highest BCUT2D eigenvalue weighted by Gasteiger charge is 2.25. The van der Waals surface area contributed by atoms with Crippen LogP contribution in [0, 0.1) is 0 Å². The lowest BCUT2D eigenvalue weighted by atomic mass is 9.88. The molecule has 0 aromatic heterocycles. The Balaban J connectivity index is 1.93. The van der Waals surface area contributed by atoms with Gasteiger partial charge in [0.05, 0.1) is 13.2 Å². The minimum Gasteiger partial charge on any atom is -0.383 e. The molecule has 82 valence electrons. The van der Waals surface area contributed by atoms with E-state index in [1.165, 1.54) is 0 Å². The molecule has 0 aromatic carbocycles. The predicted molar refractivity (Wildman–Crippen MR) is 53.9 cm³/mol. The fourth-order valence-corrected chi connectivity index (χ4v) is 1.42. The van der Waals surface area contributed by atoms with Gasteiger partial charge in [-0.15, -0.1) is 0 Å². The summed E-state index contributed by atoms with van der Waals surface area (Å²) in [5.74, 6) is 0.0162. The summed E-state index contributed by atoms with van der Waals surface area (Å²) in [6.45, 7) is 1.50. The summed E-state index contributed by atoms with van der Waals surface area (Å²) in [6.07, 6.45) is 1.96. The maximum atomic E-state index is 11.2. The van der Waals surface area contributed by atoms with E-state index in [2.05, 4.69) is 10.6 Å². The predicted octanol–water partition coefficient (Wildman–Crippen LogP) is -1.17. The number of rotatable bonds is 6. The second kappa shape index (κ2) is 5.95. The highest BCUT2D eigenvalue weighted by Crippen LogP contribution is 2.16. The summed E-state index contributed by atoms with van der Waals surface area (Å²) >= 11 is 0. The third-order valence-corrected chi connectivity index (χ3v) is 2.35. The van der Waals surface area contributed by atoms with Gasteiger partial charge in [0, 0.05) is 25.7 Å². The maximum absolute atomic E-state index is 11.2. The van der Waals surface area contributed by atoms with Crippen LogP contribution in [0.2, 0.25) is 0 Å². The van der Waals surface area contributed by atoms with Crippen molar-refractivity contribution in [2.75, 3.05) is 26.8 Å². The fraction of sp³-hybridized carbons (Fsp3) is 0.889. The zero-order valence-corrected chi connectivity index (χ0v) is 8.58. The Kier molecular flexibility index (Phi) is 4.86. The van der Waals surface area contributed by atoms with E-state index in [0.29, 0.717) is 31.8 Å². The molecular weight excluding hydrogens is 182 g/mol. The molecule has 14 heavy (non-hydrogen) atoms. The van der Waals surface area contributed by atoms with Gasteiger partial charge in [0.2, 0.25) is 5.91 Å². The topological polar surface area (TPSA) is 76.4 Å². The van der Waals surface area contributed by atoms with Gasteiger partial charge in [-0.1, -0.05) is 0 Å². The monoisotopic (exact) mass is 201 g/mol. The minimum atomic E-state index is 0.0162. The lowest BCUT2D eigenvalue weighted by Gasteiger charge is -2.32. The summed E-state index contributed by atoms with van der Waals surface area (Å²) < 4.78 is 4.81. The van der Waals surface area contributed by atoms with Crippen molar-refractivity contribution in [3.63, 3.8) is 0 Å². The fourth-order valence-electron chi connectivity index (χ4n) is 1.42. The number of carbonyl (C=O) groups excluding carboxylic acids is 1. The van der Waals surface area contributed by atoms with E-state index in [4.69, 9.17) is 10.5 Å².